The molecule has 1 aromatic rings. The number of amides is 2. The maximum Gasteiger partial charge on any atom is 0.268 e. The predicted octanol–water partition coefficient (Wildman–Crippen LogP) is 0.662. The van der Waals surface area contributed by atoms with Gasteiger partial charge in [0, 0.05) is 0 Å². The summed E-state index contributed by atoms with van der Waals surface area (Å²) in [5.74, 6) is -0.447. The molecule has 0 aliphatic carbocycles. The van der Waals surface area contributed by atoms with E-state index in [1.165, 1.54) is 0 Å². The van der Waals surface area contributed by atoms with Gasteiger partial charge in [-0.2, -0.15) is 0 Å². The van der Waals surface area contributed by atoms with E-state index >= 15 is 0 Å². The highest BCUT2D eigenvalue weighted by Gasteiger charge is 2.25. The fourth-order valence-electron chi connectivity index (χ4n) is 1.46. The second kappa shape index (κ2) is 4.18. The first-order chi connectivity index (χ1) is 7.66. The molecule has 1 heterocycles. The highest BCUT2D eigenvalue weighted by Crippen LogP contribution is 2.07. The summed E-state index contributed by atoms with van der Waals surface area (Å²) in [5.41, 5.74) is 1.16. The summed E-state index contributed by atoms with van der Waals surface area (Å²) >= 11 is 0. The molecule has 0 bridgehead atoms. The van der Waals surface area contributed by atoms with Gasteiger partial charge in [0.2, 0.25) is 5.91 Å². The zero-order chi connectivity index (χ0) is 11.5. The first-order valence-electron chi connectivity index (χ1n) is 5.05. The van der Waals surface area contributed by atoms with Gasteiger partial charge in [0.1, 0.15) is 11.7 Å². The van der Waals surface area contributed by atoms with Crippen LogP contribution in [0.5, 0.6) is 0 Å². The minimum absolute atomic E-state index is 0.193. The smallest absolute Gasteiger partial charge is 0.268 e. The van der Waals surface area contributed by atoms with Crippen LogP contribution in [0, 0.1) is 0 Å². The molecule has 1 aromatic carbocycles. The van der Waals surface area contributed by atoms with Gasteiger partial charge in [-0.15, -0.1) is 0 Å². The van der Waals surface area contributed by atoms with E-state index < -0.39 is 6.04 Å². The third-order valence-corrected chi connectivity index (χ3v) is 2.35. The molecule has 1 aliphatic heterocycles. The van der Waals surface area contributed by atoms with Gasteiger partial charge in [-0.3, -0.25) is 9.59 Å². The molecule has 2 amide bonds. The molecule has 0 saturated carbocycles. The van der Waals surface area contributed by atoms with Crippen LogP contribution in [-0.4, -0.2) is 17.9 Å². The van der Waals surface area contributed by atoms with E-state index in [9.17, 15) is 9.59 Å². The molecule has 0 spiro atoms. The molecule has 0 radical (unpaired) electrons. The van der Waals surface area contributed by atoms with Crippen LogP contribution in [0.4, 0.5) is 0 Å². The zero-order valence-corrected chi connectivity index (χ0v) is 8.86. The van der Waals surface area contributed by atoms with Crippen molar-refractivity contribution in [1.82, 2.24) is 10.6 Å². The van der Waals surface area contributed by atoms with Crippen molar-refractivity contribution in [2.24, 2.45) is 0 Å². The number of benzene rings is 1. The normalized spacial score (nSPS) is 22.8. The molecule has 1 aliphatic rings. The van der Waals surface area contributed by atoms with Crippen LogP contribution in [0.3, 0.4) is 0 Å². The van der Waals surface area contributed by atoms with Crippen LogP contribution >= 0.6 is 0 Å². The van der Waals surface area contributed by atoms with E-state index in [4.69, 9.17) is 0 Å². The largest absolute Gasteiger partial charge is 0.339 e. The molecule has 1 fully saturated rings. The Morgan fingerprint density at radius 2 is 1.88 bits per heavy atom. The van der Waals surface area contributed by atoms with Crippen LogP contribution < -0.4 is 10.6 Å². The molecule has 1 unspecified atom stereocenters. The predicted molar refractivity (Wildman–Crippen MR) is 60.2 cm³/mol. The molecular weight excluding hydrogens is 204 g/mol. The van der Waals surface area contributed by atoms with Crippen molar-refractivity contribution in [3.8, 4) is 0 Å². The number of hydrogen-bond donors (Lipinski definition) is 2. The molecule has 2 N–H and O–H groups in total. The van der Waals surface area contributed by atoms with Crippen molar-refractivity contribution in [2.45, 2.75) is 13.0 Å². The summed E-state index contributed by atoms with van der Waals surface area (Å²) in [7, 11) is 0. The Kier molecular flexibility index (Phi) is 2.72. The summed E-state index contributed by atoms with van der Waals surface area (Å²) in [6, 6.07) is 8.90. The van der Waals surface area contributed by atoms with Gasteiger partial charge in [-0.25, -0.2) is 0 Å². The minimum Gasteiger partial charge on any atom is -0.339 e. The number of hydrogen-bond acceptors (Lipinski definition) is 2. The third-order valence-electron chi connectivity index (χ3n) is 2.35. The average molecular weight is 216 g/mol. The minimum atomic E-state index is -0.472. The number of carbonyl (C=O) groups is 2. The van der Waals surface area contributed by atoms with Crippen molar-refractivity contribution in [3.05, 3.63) is 41.6 Å². The molecule has 4 nitrogen and oxygen atoms in total. The van der Waals surface area contributed by atoms with Gasteiger partial charge in [-0.1, -0.05) is 30.3 Å². The van der Waals surface area contributed by atoms with Crippen LogP contribution in [-0.2, 0) is 9.59 Å². The number of carbonyl (C=O) groups excluding carboxylic acids is 2. The van der Waals surface area contributed by atoms with E-state index in [2.05, 4.69) is 10.6 Å². The lowest BCUT2D eigenvalue weighted by molar-refractivity contribution is -0.130. The van der Waals surface area contributed by atoms with Crippen LogP contribution in [0.2, 0.25) is 0 Å². The zero-order valence-electron chi connectivity index (χ0n) is 8.86. The van der Waals surface area contributed by atoms with Crippen LogP contribution in [0.15, 0.2) is 36.0 Å². The lowest BCUT2D eigenvalue weighted by Gasteiger charge is -2.21. The van der Waals surface area contributed by atoms with Gasteiger partial charge in [0.25, 0.3) is 5.91 Å². The molecule has 82 valence electrons. The molecular formula is C12H12N2O2. The Morgan fingerprint density at radius 3 is 2.56 bits per heavy atom. The second-order valence-electron chi connectivity index (χ2n) is 3.65. The van der Waals surface area contributed by atoms with Gasteiger partial charge in [0.05, 0.1) is 0 Å². The van der Waals surface area contributed by atoms with Crippen molar-refractivity contribution in [3.63, 3.8) is 0 Å². The first kappa shape index (κ1) is 10.4. The van der Waals surface area contributed by atoms with E-state index in [0.29, 0.717) is 0 Å². The van der Waals surface area contributed by atoms with Crippen molar-refractivity contribution >= 4 is 17.9 Å². The second-order valence-corrected chi connectivity index (χ2v) is 3.65. The van der Waals surface area contributed by atoms with E-state index in [1.54, 1.807) is 13.0 Å². The summed E-state index contributed by atoms with van der Waals surface area (Å²) in [6.45, 7) is 1.65. The molecule has 4 heteroatoms. The summed E-state index contributed by atoms with van der Waals surface area (Å²) in [5, 5.41) is 5.15. The van der Waals surface area contributed by atoms with Crippen LogP contribution in [0.1, 0.15) is 12.5 Å². The van der Waals surface area contributed by atoms with Gasteiger partial charge in [-0.05, 0) is 18.6 Å². The average Bonchev–Trinajstić information content (AvgIpc) is 2.27. The molecule has 1 atom stereocenters. The highest BCUT2D eigenvalue weighted by molar-refractivity contribution is 6.07. The number of piperazine rings is 1. The Morgan fingerprint density at radius 1 is 1.19 bits per heavy atom. The van der Waals surface area contributed by atoms with E-state index in [-0.39, 0.29) is 17.5 Å². The van der Waals surface area contributed by atoms with E-state index in [0.717, 1.165) is 5.56 Å². The Hall–Kier alpha value is -2.10. The van der Waals surface area contributed by atoms with E-state index in [1.807, 2.05) is 30.3 Å². The summed E-state index contributed by atoms with van der Waals surface area (Å²) in [4.78, 5) is 22.9. The van der Waals surface area contributed by atoms with Crippen LogP contribution in [0.25, 0.3) is 6.08 Å². The van der Waals surface area contributed by atoms with Gasteiger partial charge < -0.3 is 10.6 Å². The van der Waals surface area contributed by atoms with Gasteiger partial charge >= 0.3 is 0 Å². The number of nitrogens with one attached hydrogen (secondary N) is 2. The standard InChI is InChI=1S/C12H12N2O2/c1-8-11(15)14-10(12(16)13-8)7-9-5-3-2-4-6-9/h2-8H,1H3,(H,13,16)(H,14,15)/b10-7+. The molecule has 0 aromatic heterocycles. The van der Waals surface area contributed by atoms with Crippen molar-refractivity contribution in [1.29, 1.82) is 0 Å². The monoisotopic (exact) mass is 216 g/mol. The molecule has 16 heavy (non-hydrogen) atoms. The maximum absolute atomic E-state index is 11.6. The quantitative estimate of drug-likeness (QED) is 0.677. The Labute approximate surface area is 93.3 Å². The SMILES string of the molecule is CC1NC(=O)/C(=C\c2ccccc2)NC1=O. The fraction of sp³-hybridized carbons (Fsp3) is 0.167. The number of rotatable bonds is 1. The Bertz CT molecular complexity index is 451. The lowest BCUT2D eigenvalue weighted by Crippen LogP contribution is -2.53. The van der Waals surface area contributed by atoms with Gasteiger partial charge in [0.15, 0.2) is 0 Å². The molecule has 2 rings (SSSR count). The van der Waals surface area contributed by atoms with Crippen molar-refractivity contribution < 1.29 is 9.59 Å². The Balaban J connectivity index is 2.25. The maximum atomic E-state index is 11.6. The third kappa shape index (κ3) is 2.11. The highest BCUT2D eigenvalue weighted by atomic mass is 16.2. The summed E-state index contributed by atoms with van der Waals surface area (Å²) in [6.07, 6.45) is 1.65. The lowest BCUT2D eigenvalue weighted by atomic mass is 10.1. The van der Waals surface area contributed by atoms with Crippen molar-refractivity contribution in [2.75, 3.05) is 0 Å². The fourth-order valence-corrected chi connectivity index (χ4v) is 1.46. The summed E-state index contributed by atoms with van der Waals surface area (Å²) < 4.78 is 0. The topological polar surface area (TPSA) is 58.2 Å². The first-order valence-corrected chi connectivity index (χ1v) is 5.05. The molecule has 1 saturated heterocycles.